The smallest absolute Gasteiger partial charge is 0.414 e. The Bertz CT molecular complexity index is 1180. The van der Waals surface area contributed by atoms with E-state index in [9.17, 15) is 4.79 Å². The third kappa shape index (κ3) is 7.27. The molecule has 0 saturated carbocycles. The van der Waals surface area contributed by atoms with Crippen LogP contribution in [-0.2, 0) is 20.8 Å². The van der Waals surface area contributed by atoms with Crippen molar-refractivity contribution in [1.82, 2.24) is 14.8 Å². The SMILES string of the molecule is O=C(Cc1cccc2ccccc12)N1CCC(N2CCC(Oc3nccs3)CC2)CC1.O=C(O)C(=O)O. The zero-order valence-corrected chi connectivity index (χ0v) is 21.3. The minimum Gasteiger partial charge on any atom is -0.473 e. The maximum absolute atomic E-state index is 13.0. The number of thiazole rings is 1. The first-order valence-corrected chi connectivity index (χ1v) is 13.3. The number of benzene rings is 2. The van der Waals surface area contributed by atoms with Gasteiger partial charge in [-0.25, -0.2) is 14.6 Å². The number of carboxylic acid groups (broad SMARTS) is 2. The van der Waals surface area contributed by atoms with Crippen molar-refractivity contribution in [2.24, 2.45) is 0 Å². The number of nitrogens with zero attached hydrogens (tertiary/aromatic N) is 3. The van der Waals surface area contributed by atoms with Crippen LogP contribution in [0.1, 0.15) is 31.2 Å². The number of hydrogen-bond donors (Lipinski definition) is 2. The lowest BCUT2D eigenvalue weighted by Crippen LogP contribution is -2.50. The monoisotopic (exact) mass is 525 g/mol. The molecule has 0 spiro atoms. The maximum Gasteiger partial charge on any atom is 0.414 e. The fourth-order valence-corrected chi connectivity index (χ4v) is 5.52. The van der Waals surface area contributed by atoms with Crippen LogP contribution in [0.4, 0.5) is 0 Å². The molecule has 2 aliphatic rings. The Balaban J connectivity index is 0.000000480. The predicted molar refractivity (Wildman–Crippen MR) is 140 cm³/mol. The highest BCUT2D eigenvalue weighted by Crippen LogP contribution is 2.25. The predicted octanol–water partition coefficient (Wildman–Crippen LogP) is 3.53. The molecule has 0 aliphatic carbocycles. The molecule has 5 rings (SSSR count). The second-order valence-electron chi connectivity index (χ2n) is 9.19. The lowest BCUT2D eigenvalue weighted by atomic mass is 9.97. The number of aromatic nitrogens is 1. The van der Waals surface area contributed by atoms with Gasteiger partial charge in [0.05, 0.1) is 6.42 Å². The second-order valence-corrected chi connectivity index (χ2v) is 10.0. The number of likely N-dealkylation sites (tertiary alicyclic amines) is 2. The van der Waals surface area contributed by atoms with E-state index in [0.29, 0.717) is 12.5 Å². The number of hydrogen-bond acceptors (Lipinski definition) is 7. The zero-order chi connectivity index (χ0) is 26.2. The summed E-state index contributed by atoms with van der Waals surface area (Å²) in [7, 11) is 0. The van der Waals surface area contributed by atoms with E-state index in [1.165, 1.54) is 10.8 Å². The van der Waals surface area contributed by atoms with Gasteiger partial charge in [-0.05, 0) is 42.0 Å². The standard InChI is InChI=1S/C25H29N3O2S.C2H2O4/c29-24(18-20-6-3-5-19-4-1-2-7-23(19)20)28-13-8-21(9-14-28)27-15-10-22(11-16-27)30-25-26-12-17-31-25;3-1(4)2(5)6/h1-7,12,17,21-22H,8-11,13-16,18H2;(H,3,4)(H,5,6). The molecule has 1 aromatic heterocycles. The number of aliphatic carboxylic acids is 2. The van der Waals surface area contributed by atoms with E-state index in [1.54, 1.807) is 17.5 Å². The van der Waals surface area contributed by atoms with Crippen LogP contribution in [0.5, 0.6) is 5.19 Å². The van der Waals surface area contributed by atoms with Gasteiger partial charge in [-0.3, -0.25) is 9.69 Å². The van der Waals surface area contributed by atoms with Crippen molar-refractivity contribution >= 4 is 40.0 Å². The molecule has 0 radical (unpaired) electrons. The van der Waals surface area contributed by atoms with Gasteiger partial charge in [0.15, 0.2) is 0 Å². The third-order valence-electron chi connectivity index (χ3n) is 6.89. The van der Waals surface area contributed by atoms with Gasteiger partial charge in [-0.1, -0.05) is 53.8 Å². The molecule has 196 valence electrons. The summed E-state index contributed by atoms with van der Waals surface area (Å²) < 4.78 is 5.99. The Kier molecular flexibility index (Phi) is 9.08. The Morgan fingerprint density at radius 1 is 0.919 bits per heavy atom. The Labute approximate surface area is 219 Å². The van der Waals surface area contributed by atoms with Crippen LogP contribution in [0.25, 0.3) is 10.8 Å². The lowest BCUT2D eigenvalue weighted by molar-refractivity contribution is -0.159. The van der Waals surface area contributed by atoms with E-state index < -0.39 is 11.9 Å². The molecule has 9 nitrogen and oxygen atoms in total. The van der Waals surface area contributed by atoms with Gasteiger partial charge < -0.3 is 19.8 Å². The number of carbonyl (C=O) groups is 3. The molecule has 2 aliphatic heterocycles. The van der Waals surface area contributed by atoms with Gasteiger partial charge in [0, 0.05) is 43.8 Å². The highest BCUT2D eigenvalue weighted by molar-refractivity contribution is 7.11. The van der Waals surface area contributed by atoms with Crippen molar-refractivity contribution in [2.45, 2.75) is 44.2 Å². The van der Waals surface area contributed by atoms with E-state index in [0.717, 1.165) is 62.6 Å². The van der Waals surface area contributed by atoms with Gasteiger partial charge in [-0.2, -0.15) is 0 Å². The van der Waals surface area contributed by atoms with E-state index >= 15 is 0 Å². The first-order valence-electron chi connectivity index (χ1n) is 12.4. The van der Waals surface area contributed by atoms with Crippen molar-refractivity contribution in [3.8, 4) is 5.19 Å². The van der Waals surface area contributed by atoms with Crippen molar-refractivity contribution in [3.05, 3.63) is 59.6 Å². The minimum atomic E-state index is -1.82. The number of carbonyl (C=O) groups excluding carboxylic acids is 1. The third-order valence-corrected chi connectivity index (χ3v) is 7.55. The van der Waals surface area contributed by atoms with E-state index in [-0.39, 0.29) is 12.0 Å². The van der Waals surface area contributed by atoms with Gasteiger partial charge in [0.25, 0.3) is 5.19 Å². The summed E-state index contributed by atoms with van der Waals surface area (Å²) in [5.41, 5.74) is 1.13. The van der Waals surface area contributed by atoms with Crippen LogP contribution >= 0.6 is 11.3 Å². The summed E-state index contributed by atoms with van der Waals surface area (Å²) in [5, 5.41) is 19.9. The van der Waals surface area contributed by atoms with Gasteiger partial charge >= 0.3 is 11.9 Å². The van der Waals surface area contributed by atoms with Crippen LogP contribution in [0.3, 0.4) is 0 Å². The first kappa shape index (κ1) is 26.6. The topological polar surface area (TPSA) is 120 Å². The quantitative estimate of drug-likeness (QED) is 0.486. The number of ether oxygens (including phenoxy) is 1. The first-order chi connectivity index (χ1) is 17.9. The molecule has 37 heavy (non-hydrogen) atoms. The van der Waals surface area contributed by atoms with Gasteiger partial charge in [-0.15, -0.1) is 0 Å². The summed E-state index contributed by atoms with van der Waals surface area (Å²) in [6.45, 7) is 3.88. The van der Waals surface area contributed by atoms with Crippen molar-refractivity contribution < 1.29 is 29.3 Å². The average Bonchev–Trinajstić information content (AvgIpc) is 3.43. The molecular weight excluding hydrogens is 494 g/mol. The maximum atomic E-state index is 13.0. The van der Waals surface area contributed by atoms with Crippen LogP contribution in [0, 0.1) is 0 Å². The van der Waals surface area contributed by atoms with Crippen molar-refractivity contribution in [3.63, 3.8) is 0 Å². The van der Waals surface area contributed by atoms with Crippen LogP contribution in [-0.4, -0.2) is 81.2 Å². The molecule has 0 atom stereocenters. The van der Waals surface area contributed by atoms with Crippen LogP contribution in [0.15, 0.2) is 54.0 Å². The lowest BCUT2D eigenvalue weighted by Gasteiger charge is -2.41. The Morgan fingerprint density at radius 3 is 2.24 bits per heavy atom. The van der Waals surface area contributed by atoms with Crippen LogP contribution < -0.4 is 4.74 Å². The van der Waals surface area contributed by atoms with Crippen molar-refractivity contribution in [2.75, 3.05) is 26.2 Å². The molecule has 2 N–H and O–H groups in total. The largest absolute Gasteiger partial charge is 0.473 e. The fraction of sp³-hybridized carbons (Fsp3) is 0.407. The highest BCUT2D eigenvalue weighted by atomic mass is 32.1. The normalized spacial score (nSPS) is 17.1. The molecular formula is C27H31N3O6S. The highest BCUT2D eigenvalue weighted by Gasteiger charge is 2.30. The summed E-state index contributed by atoms with van der Waals surface area (Å²) in [5.74, 6) is -3.39. The number of rotatable bonds is 5. The molecule has 1 amide bonds. The Hall–Kier alpha value is -3.50. The van der Waals surface area contributed by atoms with E-state index in [4.69, 9.17) is 24.5 Å². The number of fused-ring (bicyclic) bond motifs is 1. The molecule has 2 fully saturated rings. The van der Waals surface area contributed by atoms with Crippen LogP contribution in [0.2, 0.25) is 0 Å². The molecule has 3 heterocycles. The fourth-order valence-electron chi connectivity index (χ4n) is 4.97. The molecule has 0 unspecified atom stereocenters. The number of piperidine rings is 2. The van der Waals surface area contributed by atoms with Gasteiger partial charge in [0.2, 0.25) is 5.91 Å². The summed E-state index contributed by atoms with van der Waals surface area (Å²) in [4.78, 5) is 40.1. The number of carboxylic acids is 2. The van der Waals surface area contributed by atoms with Gasteiger partial charge in [0.1, 0.15) is 6.10 Å². The average molecular weight is 526 g/mol. The molecule has 2 saturated heterocycles. The summed E-state index contributed by atoms with van der Waals surface area (Å²) >= 11 is 1.56. The molecule has 2 aromatic carbocycles. The number of amides is 1. The molecule has 0 bridgehead atoms. The van der Waals surface area contributed by atoms with E-state index in [1.807, 2.05) is 17.5 Å². The van der Waals surface area contributed by atoms with E-state index in [2.05, 4.69) is 45.1 Å². The minimum absolute atomic E-state index is 0.255. The second kappa shape index (κ2) is 12.6. The molecule has 10 heteroatoms. The molecule has 3 aromatic rings. The van der Waals surface area contributed by atoms with Crippen molar-refractivity contribution in [1.29, 1.82) is 0 Å². The Morgan fingerprint density at radius 2 is 1.59 bits per heavy atom. The summed E-state index contributed by atoms with van der Waals surface area (Å²) in [6, 6.07) is 15.2. The summed E-state index contributed by atoms with van der Waals surface area (Å²) in [6.07, 6.45) is 6.82. The zero-order valence-electron chi connectivity index (χ0n) is 20.5.